The fourth-order valence-corrected chi connectivity index (χ4v) is 4.70. The quantitative estimate of drug-likeness (QED) is 0.328. The van der Waals surface area contributed by atoms with Gasteiger partial charge in [0.25, 0.3) is 0 Å². The Morgan fingerprint density at radius 1 is 1.25 bits per heavy atom. The average Bonchev–Trinajstić information content (AvgIpc) is 3.21. The lowest BCUT2D eigenvalue weighted by Crippen LogP contribution is -2.58. The molecule has 2 aliphatic heterocycles. The third kappa shape index (κ3) is 5.88. The summed E-state index contributed by atoms with van der Waals surface area (Å²) in [5, 5.41) is 8.32. The van der Waals surface area contributed by atoms with E-state index in [4.69, 9.17) is 27.9 Å². The molecule has 5 nitrogen and oxygen atoms in total. The van der Waals surface area contributed by atoms with Crippen molar-refractivity contribution in [3.05, 3.63) is 33.8 Å². The fourth-order valence-electron chi connectivity index (χ4n) is 4.13. The number of hydrogen-bond donors (Lipinski definition) is 2. The van der Waals surface area contributed by atoms with Crippen LogP contribution >= 0.6 is 47.2 Å². The lowest BCUT2D eigenvalue weighted by Gasteiger charge is -2.45. The van der Waals surface area contributed by atoms with E-state index in [-0.39, 0.29) is 35.6 Å². The van der Waals surface area contributed by atoms with Crippen molar-refractivity contribution < 1.29 is 4.74 Å². The van der Waals surface area contributed by atoms with Gasteiger partial charge in [-0.3, -0.25) is 9.89 Å². The van der Waals surface area contributed by atoms with Gasteiger partial charge in [0.1, 0.15) is 0 Å². The van der Waals surface area contributed by atoms with Gasteiger partial charge in [0.2, 0.25) is 0 Å². The minimum Gasteiger partial charge on any atom is -0.381 e. The summed E-state index contributed by atoms with van der Waals surface area (Å²) in [6, 6.07) is 5.62. The molecule has 0 bridgehead atoms. The van der Waals surface area contributed by atoms with Crippen molar-refractivity contribution in [2.45, 2.75) is 44.2 Å². The van der Waals surface area contributed by atoms with Gasteiger partial charge >= 0.3 is 0 Å². The molecular weight excluding hydrogens is 510 g/mol. The lowest BCUT2D eigenvalue weighted by molar-refractivity contribution is -0.0164. The molecule has 2 heterocycles. The highest BCUT2D eigenvalue weighted by molar-refractivity contribution is 14.0. The van der Waals surface area contributed by atoms with Crippen molar-refractivity contribution in [2.24, 2.45) is 4.99 Å². The Labute approximate surface area is 195 Å². The van der Waals surface area contributed by atoms with Gasteiger partial charge in [0.15, 0.2) is 5.96 Å². The number of nitrogens with one attached hydrogen (secondary N) is 2. The molecule has 0 aliphatic carbocycles. The standard InChI is InChI=1S/C20H30Cl2N4O.HI/c1-15(17-6-5-16(21)13-18(17)22)25-19(23-2)24-14-20(7-11-27-12-8-20)26-9-3-4-10-26;/h5-6,13,15H,3-4,7-12,14H2,1-2H3,(H2,23,24,25);1H. The van der Waals surface area contributed by atoms with E-state index in [2.05, 4.69) is 27.4 Å². The van der Waals surface area contributed by atoms with Gasteiger partial charge < -0.3 is 15.4 Å². The first-order valence-corrected chi connectivity index (χ1v) is 10.5. The first-order valence-electron chi connectivity index (χ1n) is 9.79. The van der Waals surface area contributed by atoms with E-state index >= 15 is 0 Å². The maximum absolute atomic E-state index is 6.35. The molecule has 2 fully saturated rings. The third-order valence-corrected chi connectivity index (χ3v) is 6.35. The van der Waals surface area contributed by atoms with Gasteiger partial charge in [0.05, 0.1) is 6.04 Å². The molecule has 28 heavy (non-hydrogen) atoms. The second-order valence-corrected chi connectivity index (χ2v) is 8.33. The van der Waals surface area contributed by atoms with Gasteiger partial charge in [-0.2, -0.15) is 0 Å². The molecule has 8 heteroatoms. The van der Waals surface area contributed by atoms with Crippen LogP contribution in [0.4, 0.5) is 0 Å². The molecule has 3 rings (SSSR count). The van der Waals surface area contributed by atoms with Crippen LogP contribution in [-0.4, -0.2) is 56.3 Å². The van der Waals surface area contributed by atoms with Crippen LogP contribution in [0.5, 0.6) is 0 Å². The maximum atomic E-state index is 6.35. The number of benzene rings is 1. The second-order valence-electron chi connectivity index (χ2n) is 7.49. The van der Waals surface area contributed by atoms with Crippen LogP contribution in [-0.2, 0) is 4.74 Å². The Balaban J connectivity index is 0.00000280. The molecule has 1 unspecified atom stereocenters. The number of hydrogen-bond acceptors (Lipinski definition) is 3. The number of ether oxygens (including phenoxy) is 1. The topological polar surface area (TPSA) is 48.9 Å². The minimum atomic E-state index is 0. The average molecular weight is 541 g/mol. The van der Waals surface area contributed by atoms with E-state index in [0.29, 0.717) is 10.0 Å². The number of aliphatic imine (C=N–C) groups is 1. The number of likely N-dealkylation sites (tertiary alicyclic amines) is 1. The van der Waals surface area contributed by atoms with Crippen LogP contribution < -0.4 is 10.6 Å². The van der Waals surface area contributed by atoms with Crippen LogP contribution in [0.3, 0.4) is 0 Å². The van der Waals surface area contributed by atoms with Gasteiger partial charge in [0, 0.05) is 42.4 Å². The van der Waals surface area contributed by atoms with Crippen molar-refractivity contribution >= 4 is 53.1 Å². The molecule has 1 aromatic carbocycles. The molecule has 0 saturated carbocycles. The van der Waals surface area contributed by atoms with Crippen LogP contribution in [0.1, 0.15) is 44.2 Å². The van der Waals surface area contributed by atoms with Gasteiger partial charge in [-0.15, -0.1) is 24.0 Å². The summed E-state index contributed by atoms with van der Waals surface area (Å²) in [4.78, 5) is 7.07. The Hall–Kier alpha value is -0.280. The van der Waals surface area contributed by atoms with Crippen molar-refractivity contribution in [1.82, 2.24) is 15.5 Å². The summed E-state index contributed by atoms with van der Waals surface area (Å²) in [6.45, 7) is 6.99. The third-order valence-electron chi connectivity index (χ3n) is 5.79. The molecule has 0 spiro atoms. The summed E-state index contributed by atoms with van der Waals surface area (Å²) in [7, 11) is 1.80. The molecule has 0 aromatic heterocycles. The van der Waals surface area contributed by atoms with Crippen molar-refractivity contribution in [3.8, 4) is 0 Å². The molecule has 2 aliphatic rings. The zero-order chi connectivity index (χ0) is 19.3. The Kier molecular flexibility index (Phi) is 9.60. The fraction of sp³-hybridized carbons (Fsp3) is 0.650. The number of nitrogens with zero attached hydrogens (tertiary/aromatic N) is 2. The van der Waals surface area contributed by atoms with Crippen LogP contribution in [0.25, 0.3) is 0 Å². The summed E-state index contributed by atoms with van der Waals surface area (Å²) >= 11 is 12.4. The second kappa shape index (κ2) is 11.2. The summed E-state index contributed by atoms with van der Waals surface area (Å²) in [6.07, 6.45) is 4.72. The highest BCUT2D eigenvalue weighted by atomic mass is 127. The molecule has 1 atom stereocenters. The molecule has 0 radical (unpaired) electrons. The van der Waals surface area contributed by atoms with E-state index in [1.807, 2.05) is 12.1 Å². The zero-order valence-corrected chi connectivity index (χ0v) is 20.5. The lowest BCUT2D eigenvalue weighted by atomic mass is 9.88. The van der Waals surface area contributed by atoms with Gasteiger partial charge in [-0.25, -0.2) is 0 Å². The molecule has 2 saturated heterocycles. The van der Waals surface area contributed by atoms with E-state index < -0.39 is 0 Å². The summed E-state index contributed by atoms with van der Waals surface area (Å²) in [5.74, 6) is 0.790. The maximum Gasteiger partial charge on any atom is 0.191 e. The molecule has 1 aromatic rings. The Morgan fingerprint density at radius 3 is 2.54 bits per heavy atom. The minimum absolute atomic E-state index is 0. The van der Waals surface area contributed by atoms with E-state index in [0.717, 1.165) is 44.1 Å². The summed E-state index contributed by atoms with van der Waals surface area (Å²) < 4.78 is 5.64. The van der Waals surface area contributed by atoms with Crippen molar-refractivity contribution in [3.63, 3.8) is 0 Å². The van der Waals surface area contributed by atoms with Gasteiger partial charge in [-0.1, -0.05) is 29.3 Å². The smallest absolute Gasteiger partial charge is 0.191 e. The highest BCUT2D eigenvalue weighted by Crippen LogP contribution is 2.31. The Morgan fingerprint density at radius 2 is 1.93 bits per heavy atom. The SMILES string of the molecule is CN=C(NCC1(N2CCCC2)CCOCC1)NC(C)c1ccc(Cl)cc1Cl.I. The van der Waals surface area contributed by atoms with Crippen LogP contribution in [0.2, 0.25) is 10.0 Å². The zero-order valence-electron chi connectivity index (χ0n) is 16.6. The number of rotatable bonds is 5. The van der Waals surface area contributed by atoms with Gasteiger partial charge in [-0.05, 0) is 63.4 Å². The molecule has 158 valence electrons. The van der Waals surface area contributed by atoms with E-state index in [9.17, 15) is 0 Å². The molecule has 0 amide bonds. The molecular formula is C20H31Cl2IN4O. The van der Waals surface area contributed by atoms with Crippen LogP contribution in [0.15, 0.2) is 23.2 Å². The van der Waals surface area contributed by atoms with Crippen LogP contribution in [0, 0.1) is 0 Å². The molecule has 2 N–H and O–H groups in total. The van der Waals surface area contributed by atoms with Crippen molar-refractivity contribution in [2.75, 3.05) is 39.9 Å². The summed E-state index contributed by atoms with van der Waals surface area (Å²) in [5.41, 5.74) is 1.16. The Bertz CT molecular complexity index is 662. The number of guanidine groups is 1. The predicted octanol–water partition coefficient (Wildman–Crippen LogP) is 4.48. The largest absolute Gasteiger partial charge is 0.381 e. The normalized spacial score (nSPS) is 21.1. The first kappa shape index (κ1) is 24.0. The van der Waals surface area contributed by atoms with Crippen molar-refractivity contribution in [1.29, 1.82) is 0 Å². The number of halogens is 3. The predicted molar refractivity (Wildman–Crippen MR) is 128 cm³/mol. The monoisotopic (exact) mass is 540 g/mol. The van der Waals surface area contributed by atoms with E-state index in [1.54, 1.807) is 13.1 Å². The highest BCUT2D eigenvalue weighted by Gasteiger charge is 2.39. The van der Waals surface area contributed by atoms with E-state index in [1.165, 1.54) is 25.9 Å². The first-order chi connectivity index (χ1) is 13.0.